The average molecular weight is 413 g/mol. The lowest BCUT2D eigenvalue weighted by molar-refractivity contribution is 0.249. The monoisotopic (exact) mass is 412 g/mol. The maximum absolute atomic E-state index is 6.01. The second-order valence-corrected chi connectivity index (χ2v) is 9.64. The summed E-state index contributed by atoms with van der Waals surface area (Å²) in [5.74, 6) is 1.91. The number of hydrogen-bond acceptors (Lipinski definition) is 5. The fourth-order valence-corrected chi connectivity index (χ4v) is 5.78. The highest BCUT2D eigenvalue weighted by molar-refractivity contribution is 7.19. The molecule has 1 aliphatic heterocycles. The summed E-state index contributed by atoms with van der Waals surface area (Å²) in [5, 5.41) is 2.13. The largest absolute Gasteiger partial charge is 0.353 e. The van der Waals surface area contributed by atoms with Gasteiger partial charge in [-0.15, -0.1) is 11.3 Å². The van der Waals surface area contributed by atoms with Gasteiger partial charge in [0, 0.05) is 42.6 Å². The first-order valence-corrected chi connectivity index (χ1v) is 11.3. The Morgan fingerprint density at radius 2 is 1.89 bits per heavy atom. The van der Waals surface area contributed by atoms with Crippen molar-refractivity contribution in [3.05, 3.63) is 51.6 Å². The molecule has 1 fully saturated rings. The van der Waals surface area contributed by atoms with Gasteiger partial charge in [-0.05, 0) is 48.4 Å². The molecule has 2 aliphatic rings. The molecular weight excluding hydrogens is 388 g/mol. The third-order valence-corrected chi connectivity index (χ3v) is 7.51. The van der Waals surface area contributed by atoms with Gasteiger partial charge in [0.2, 0.25) is 0 Å². The number of aryl methyl sites for hydroxylation is 1. The summed E-state index contributed by atoms with van der Waals surface area (Å²) in [7, 11) is 0. The molecule has 3 aromatic rings. The van der Waals surface area contributed by atoms with Gasteiger partial charge in [0.05, 0.1) is 5.39 Å². The van der Waals surface area contributed by atoms with E-state index in [0.29, 0.717) is 0 Å². The maximum Gasteiger partial charge on any atom is 0.141 e. The molecule has 146 valence electrons. The van der Waals surface area contributed by atoms with Gasteiger partial charge in [-0.25, -0.2) is 9.97 Å². The number of piperazine rings is 1. The Labute approximate surface area is 175 Å². The fraction of sp³-hybridized carbons (Fsp3) is 0.455. The number of aromatic nitrogens is 2. The predicted octanol–water partition coefficient (Wildman–Crippen LogP) is 4.79. The van der Waals surface area contributed by atoms with E-state index in [9.17, 15) is 0 Å². The Balaban J connectivity index is 1.34. The number of hydrogen-bond donors (Lipinski definition) is 0. The van der Waals surface area contributed by atoms with Crippen LogP contribution in [0.25, 0.3) is 10.2 Å². The van der Waals surface area contributed by atoms with Gasteiger partial charge in [-0.2, -0.15) is 0 Å². The Kier molecular flexibility index (Phi) is 4.99. The molecule has 1 aliphatic carbocycles. The molecule has 0 spiro atoms. The van der Waals surface area contributed by atoms with Gasteiger partial charge >= 0.3 is 0 Å². The highest BCUT2D eigenvalue weighted by Gasteiger charge is 2.26. The Morgan fingerprint density at radius 1 is 1.11 bits per heavy atom. The fourth-order valence-electron chi connectivity index (χ4n) is 4.47. The van der Waals surface area contributed by atoms with Crippen molar-refractivity contribution in [1.29, 1.82) is 0 Å². The van der Waals surface area contributed by atoms with Crippen LogP contribution in [0.1, 0.15) is 29.3 Å². The summed E-state index contributed by atoms with van der Waals surface area (Å²) in [4.78, 5) is 17.0. The van der Waals surface area contributed by atoms with Gasteiger partial charge in [0.1, 0.15) is 17.0 Å². The van der Waals surface area contributed by atoms with Crippen LogP contribution in [0.4, 0.5) is 5.82 Å². The molecule has 0 amide bonds. The molecule has 0 saturated carbocycles. The quantitative estimate of drug-likeness (QED) is 0.619. The zero-order chi connectivity index (χ0) is 19.1. The van der Waals surface area contributed by atoms with Crippen LogP contribution in [0.2, 0.25) is 5.02 Å². The van der Waals surface area contributed by atoms with E-state index in [-0.39, 0.29) is 0 Å². The second-order valence-electron chi connectivity index (χ2n) is 8.12. The highest BCUT2D eigenvalue weighted by atomic mass is 35.5. The third kappa shape index (κ3) is 3.51. The Hall–Kier alpha value is -1.69. The second kappa shape index (κ2) is 7.62. The Morgan fingerprint density at radius 3 is 2.68 bits per heavy atom. The van der Waals surface area contributed by atoms with Crippen LogP contribution in [0.3, 0.4) is 0 Å². The number of halogens is 1. The summed E-state index contributed by atoms with van der Waals surface area (Å²) in [6.07, 6.45) is 5.42. The molecule has 1 atom stereocenters. The Bertz CT molecular complexity index is 976. The van der Waals surface area contributed by atoms with E-state index < -0.39 is 0 Å². The number of rotatable bonds is 3. The van der Waals surface area contributed by atoms with Crippen molar-refractivity contribution in [2.45, 2.75) is 32.7 Å². The molecule has 0 N–H and O–H groups in total. The molecule has 6 heteroatoms. The van der Waals surface area contributed by atoms with E-state index in [1.54, 1.807) is 6.33 Å². The van der Waals surface area contributed by atoms with E-state index in [1.807, 2.05) is 23.5 Å². The lowest BCUT2D eigenvalue weighted by Gasteiger charge is -2.36. The van der Waals surface area contributed by atoms with E-state index in [2.05, 4.69) is 33.8 Å². The van der Waals surface area contributed by atoms with Crippen LogP contribution in [-0.4, -0.2) is 41.0 Å². The summed E-state index contributed by atoms with van der Waals surface area (Å²) < 4.78 is 0. The van der Waals surface area contributed by atoms with E-state index in [0.717, 1.165) is 49.5 Å². The van der Waals surface area contributed by atoms with Crippen LogP contribution < -0.4 is 4.90 Å². The zero-order valence-corrected chi connectivity index (χ0v) is 17.8. The third-order valence-electron chi connectivity index (χ3n) is 6.06. The van der Waals surface area contributed by atoms with Gasteiger partial charge in [-0.1, -0.05) is 30.7 Å². The number of nitrogens with zero attached hydrogens (tertiary/aromatic N) is 4. The first kappa shape index (κ1) is 18.3. The minimum absolute atomic E-state index is 0.759. The molecule has 4 nitrogen and oxygen atoms in total. The number of anilines is 1. The normalized spacial score (nSPS) is 20.5. The first-order valence-electron chi connectivity index (χ1n) is 10.1. The molecule has 1 unspecified atom stereocenters. The van der Waals surface area contributed by atoms with Gasteiger partial charge in [0.15, 0.2) is 0 Å². The molecule has 0 bridgehead atoms. The van der Waals surface area contributed by atoms with Crippen molar-refractivity contribution in [3.63, 3.8) is 0 Å². The van der Waals surface area contributed by atoms with Gasteiger partial charge in [-0.3, -0.25) is 4.90 Å². The molecule has 1 saturated heterocycles. The molecule has 5 rings (SSSR count). The molecule has 1 aromatic carbocycles. The van der Waals surface area contributed by atoms with E-state index in [1.165, 1.54) is 45.5 Å². The van der Waals surface area contributed by atoms with Gasteiger partial charge in [0.25, 0.3) is 0 Å². The van der Waals surface area contributed by atoms with Crippen LogP contribution in [0.15, 0.2) is 30.6 Å². The zero-order valence-electron chi connectivity index (χ0n) is 16.2. The van der Waals surface area contributed by atoms with E-state index >= 15 is 0 Å². The topological polar surface area (TPSA) is 32.3 Å². The van der Waals surface area contributed by atoms with Crippen LogP contribution in [0, 0.1) is 5.92 Å². The summed E-state index contributed by atoms with van der Waals surface area (Å²) in [6, 6.07) is 8.21. The van der Waals surface area contributed by atoms with Crippen molar-refractivity contribution >= 4 is 39.0 Å². The van der Waals surface area contributed by atoms with Crippen LogP contribution in [-0.2, 0) is 19.4 Å². The lowest BCUT2D eigenvalue weighted by Crippen LogP contribution is -2.46. The summed E-state index contributed by atoms with van der Waals surface area (Å²) in [6.45, 7) is 7.48. The SMILES string of the molecule is CC1CCc2sc3ncnc(N4CCN(Cc5ccc(Cl)cc5)CC4)c3c2C1. The van der Waals surface area contributed by atoms with Crippen LogP contribution in [0.5, 0.6) is 0 Å². The summed E-state index contributed by atoms with van der Waals surface area (Å²) >= 11 is 7.89. The number of thiophene rings is 1. The van der Waals surface area contributed by atoms with Gasteiger partial charge < -0.3 is 4.90 Å². The molecule has 0 radical (unpaired) electrons. The molecule has 3 heterocycles. The number of benzene rings is 1. The predicted molar refractivity (Wildman–Crippen MR) is 118 cm³/mol. The minimum Gasteiger partial charge on any atom is -0.353 e. The standard InChI is InChI=1S/C22H25ClN4S/c1-15-2-7-19-18(12-15)20-21(24-14-25-22(20)28-19)27-10-8-26(9-11-27)13-16-3-5-17(23)6-4-16/h3-6,14-15H,2,7-13H2,1H3. The smallest absolute Gasteiger partial charge is 0.141 e. The minimum atomic E-state index is 0.759. The molecule has 28 heavy (non-hydrogen) atoms. The van der Waals surface area contributed by atoms with Crippen molar-refractivity contribution in [2.24, 2.45) is 5.92 Å². The van der Waals surface area contributed by atoms with Crippen molar-refractivity contribution < 1.29 is 0 Å². The van der Waals surface area contributed by atoms with Crippen molar-refractivity contribution in [3.8, 4) is 0 Å². The first-order chi connectivity index (χ1) is 13.7. The molecular formula is C22H25ClN4S. The van der Waals surface area contributed by atoms with Crippen LogP contribution >= 0.6 is 22.9 Å². The van der Waals surface area contributed by atoms with Crippen molar-refractivity contribution in [2.75, 3.05) is 31.1 Å². The maximum atomic E-state index is 6.01. The van der Waals surface area contributed by atoms with Crippen molar-refractivity contribution in [1.82, 2.24) is 14.9 Å². The molecule has 2 aromatic heterocycles. The van der Waals surface area contributed by atoms with E-state index in [4.69, 9.17) is 16.6 Å². The lowest BCUT2D eigenvalue weighted by atomic mass is 9.88. The number of fused-ring (bicyclic) bond motifs is 3. The highest BCUT2D eigenvalue weighted by Crippen LogP contribution is 2.40. The average Bonchev–Trinajstić information content (AvgIpc) is 3.08. The summed E-state index contributed by atoms with van der Waals surface area (Å²) in [5.41, 5.74) is 2.85.